The number of para-hydroxylation sites is 1. The number of carbonyl (C=O) groups is 4. The number of aromatic nitrogens is 1. The summed E-state index contributed by atoms with van der Waals surface area (Å²) < 4.78 is 0. The summed E-state index contributed by atoms with van der Waals surface area (Å²) in [5, 5.41) is 19.8. The van der Waals surface area contributed by atoms with E-state index in [0.29, 0.717) is 24.9 Å². The second-order valence-electron chi connectivity index (χ2n) is 11.2. The number of aromatic hydroxyl groups is 1. The molecule has 4 amide bonds. The summed E-state index contributed by atoms with van der Waals surface area (Å²) in [6.45, 7) is 4.16. The van der Waals surface area contributed by atoms with Crippen LogP contribution in [-0.4, -0.2) is 63.3 Å². The van der Waals surface area contributed by atoms with Crippen molar-refractivity contribution in [2.24, 2.45) is 11.5 Å². The van der Waals surface area contributed by atoms with Gasteiger partial charge in [-0.05, 0) is 71.0 Å². The van der Waals surface area contributed by atoms with Crippen molar-refractivity contribution in [3.8, 4) is 5.75 Å². The van der Waals surface area contributed by atoms with Crippen molar-refractivity contribution in [1.82, 2.24) is 20.5 Å². The van der Waals surface area contributed by atoms with Crippen LogP contribution in [0.1, 0.15) is 35.6 Å². The van der Waals surface area contributed by atoms with Crippen molar-refractivity contribution in [3.63, 3.8) is 0 Å². The lowest BCUT2D eigenvalue weighted by molar-refractivity contribution is -0.140. The molecular formula is C33H36N6O5S. The second-order valence-corrected chi connectivity index (χ2v) is 12.0. The molecule has 11 nitrogen and oxygen atoms in total. The van der Waals surface area contributed by atoms with Crippen LogP contribution in [0.4, 0.5) is 0 Å². The SMILES string of the molecule is C=C(C(N)=O)[C@H](NC(=O)[C@H](Cc1c[nH]c2ccccc12)NC(=O)[C@@H]1CCCN1C(=O)[C@@H](N)Cc1ccc(O)cc1)c1ccsc1. The van der Waals surface area contributed by atoms with E-state index in [-0.39, 0.29) is 30.1 Å². The summed E-state index contributed by atoms with van der Waals surface area (Å²) in [6, 6.07) is 12.2. The van der Waals surface area contributed by atoms with Gasteiger partial charge in [0, 0.05) is 35.6 Å². The van der Waals surface area contributed by atoms with Gasteiger partial charge < -0.3 is 37.1 Å². The number of nitrogens with zero attached hydrogens (tertiary/aromatic N) is 1. The number of fused-ring (bicyclic) bond motifs is 1. The fourth-order valence-electron chi connectivity index (χ4n) is 5.68. The summed E-state index contributed by atoms with van der Waals surface area (Å²) in [4.78, 5) is 57.8. The van der Waals surface area contributed by atoms with Gasteiger partial charge in [0.15, 0.2) is 0 Å². The van der Waals surface area contributed by atoms with Gasteiger partial charge in [-0.25, -0.2) is 0 Å². The Morgan fingerprint density at radius 1 is 1.07 bits per heavy atom. The Morgan fingerprint density at radius 2 is 1.82 bits per heavy atom. The Kier molecular flexibility index (Phi) is 9.65. The molecule has 4 aromatic rings. The van der Waals surface area contributed by atoms with E-state index in [4.69, 9.17) is 11.5 Å². The topological polar surface area (TPSA) is 184 Å². The number of primary amides is 1. The number of carbonyl (C=O) groups excluding carboxylic acids is 4. The zero-order chi connectivity index (χ0) is 32.1. The molecule has 234 valence electrons. The van der Waals surface area contributed by atoms with Gasteiger partial charge >= 0.3 is 0 Å². The zero-order valence-corrected chi connectivity index (χ0v) is 25.4. The third kappa shape index (κ3) is 7.24. The Labute approximate surface area is 264 Å². The van der Waals surface area contributed by atoms with Gasteiger partial charge in [0.05, 0.1) is 12.1 Å². The third-order valence-corrected chi connectivity index (χ3v) is 8.81. The van der Waals surface area contributed by atoms with E-state index in [1.807, 2.05) is 29.6 Å². The van der Waals surface area contributed by atoms with Crippen molar-refractivity contribution in [2.45, 2.75) is 49.9 Å². The lowest BCUT2D eigenvalue weighted by atomic mass is 9.99. The number of nitrogens with two attached hydrogens (primary N) is 2. The van der Waals surface area contributed by atoms with Gasteiger partial charge in [-0.3, -0.25) is 19.2 Å². The fraction of sp³-hybridized carbons (Fsp3) is 0.273. The number of nitrogens with one attached hydrogen (secondary N) is 3. The van der Waals surface area contributed by atoms with E-state index in [2.05, 4.69) is 22.2 Å². The monoisotopic (exact) mass is 628 g/mol. The van der Waals surface area contributed by atoms with Crippen molar-refractivity contribution < 1.29 is 24.3 Å². The first-order valence-corrected chi connectivity index (χ1v) is 15.6. The van der Waals surface area contributed by atoms with Crippen LogP contribution in [0.2, 0.25) is 0 Å². The molecule has 12 heteroatoms. The quantitative estimate of drug-likeness (QED) is 0.131. The maximum Gasteiger partial charge on any atom is 0.246 e. The van der Waals surface area contributed by atoms with Crippen LogP contribution in [0.25, 0.3) is 10.9 Å². The molecule has 1 aliphatic rings. The van der Waals surface area contributed by atoms with E-state index >= 15 is 0 Å². The average Bonchev–Trinajstić information content (AvgIpc) is 3.82. The standard InChI is InChI=1S/C33H36N6O5S/c1-19(30(35)41)29(21-12-14-45-18-21)38-31(42)27(16-22-17-36-26-6-3-2-5-24(22)26)37-32(43)28-7-4-13-39(28)33(44)25(34)15-20-8-10-23(40)11-9-20/h2-3,5-6,8-12,14,17-18,25,27-29,36,40H,1,4,7,13,15-16,34H2,(H2,35,41)(H,37,43)(H,38,42)/t25-,27-,28-,29-/m0/s1. The molecule has 45 heavy (non-hydrogen) atoms. The van der Waals surface area contributed by atoms with E-state index in [1.54, 1.807) is 29.8 Å². The molecule has 1 fully saturated rings. The Hall–Kier alpha value is -4.94. The van der Waals surface area contributed by atoms with Gasteiger partial charge in [0.1, 0.15) is 17.8 Å². The summed E-state index contributed by atoms with van der Waals surface area (Å²) >= 11 is 1.39. The number of benzene rings is 2. The molecule has 0 spiro atoms. The van der Waals surface area contributed by atoms with E-state index in [1.165, 1.54) is 28.4 Å². The van der Waals surface area contributed by atoms with Gasteiger partial charge in [-0.2, -0.15) is 11.3 Å². The van der Waals surface area contributed by atoms with Crippen molar-refractivity contribution in [3.05, 3.63) is 100 Å². The molecule has 1 aliphatic heterocycles. The molecule has 3 heterocycles. The predicted octanol–water partition coefficient (Wildman–Crippen LogP) is 2.42. The molecular weight excluding hydrogens is 592 g/mol. The lowest BCUT2D eigenvalue weighted by Gasteiger charge is -2.29. The van der Waals surface area contributed by atoms with Crippen LogP contribution >= 0.6 is 11.3 Å². The Morgan fingerprint density at radius 3 is 2.53 bits per heavy atom. The average molecular weight is 629 g/mol. The molecule has 0 unspecified atom stereocenters. The summed E-state index contributed by atoms with van der Waals surface area (Å²) in [5.41, 5.74) is 14.9. The number of rotatable bonds is 12. The normalized spacial score (nSPS) is 16.6. The van der Waals surface area contributed by atoms with Crippen LogP contribution in [0.5, 0.6) is 5.75 Å². The highest BCUT2D eigenvalue weighted by atomic mass is 32.1. The van der Waals surface area contributed by atoms with Crippen molar-refractivity contribution in [1.29, 1.82) is 0 Å². The number of hydrogen-bond acceptors (Lipinski definition) is 7. The Bertz CT molecular complexity index is 1700. The van der Waals surface area contributed by atoms with E-state index in [0.717, 1.165) is 22.0 Å². The summed E-state index contributed by atoms with van der Waals surface area (Å²) in [7, 11) is 0. The van der Waals surface area contributed by atoms with Gasteiger partial charge in [0.25, 0.3) is 0 Å². The molecule has 1 saturated heterocycles. The number of aromatic amines is 1. The minimum Gasteiger partial charge on any atom is -0.508 e. The lowest BCUT2D eigenvalue weighted by Crippen LogP contribution is -2.56. The second kappa shape index (κ2) is 13.8. The van der Waals surface area contributed by atoms with Crippen LogP contribution in [-0.2, 0) is 32.0 Å². The maximum absolute atomic E-state index is 13.9. The third-order valence-electron chi connectivity index (χ3n) is 8.11. The van der Waals surface area contributed by atoms with E-state index in [9.17, 15) is 24.3 Å². The number of likely N-dealkylation sites (tertiary alicyclic amines) is 1. The Balaban J connectivity index is 1.36. The molecule has 2 aromatic carbocycles. The number of amides is 4. The van der Waals surface area contributed by atoms with Crippen LogP contribution in [0.3, 0.4) is 0 Å². The van der Waals surface area contributed by atoms with Crippen LogP contribution < -0.4 is 22.1 Å². The van der Waals surface area contributed by atoms with Crippen LogP contribution in [0.15, 0.2) is 83.7 Å². The maximum atomic E-state index is 13.9. The molecule has 2 aromatic heterocycles. The van der Waals surface area contributed by atoms with E-state index < -0.39 is 41.9 Å². The number of phenols is 1. The minimum atomic E-state index is -1.05. The number of hydrogen-bond donors (Lipinski definition) is 6. The predicted molar refractivity (Wildman–Crippen MR) is 172 cm³/mol. The highest BCUT2D eigenvalue weighted by Gasteiger charge is 2.38. The number of phenolic OH excluding ortho intramolecular Hbond substituents is 1. The molecule has 5 rings (SSSR count). The molecule has 0 aliphatic carbocycles. The first-order valence-electron chi connectivity index (χ1n) is 14.6. The summed E-state index contributed by atoms with van der Waals surface area (Å²) in [6.07, 6.45) is 3.20. The molecule has 0 saturated carbocycles. The van der Waals surface area contributed by atoms with Crippen molar-refractivity contribution in [2.75, 3.05) is 6.54 Å². The minimum absolute atomic E-state index is 0.00843. The van der Waals surface area contributed by atoms with Gasteiger partial charge in [0.2, 0.25) is 23.6 Å². The first kappa shape index (κ1) is 31.5. The first-order chi connectivity index (χ1) is 21.6. The number of thiophene rings is 1. The number of H-pyrrole nitrogens is 1. The van der Waals surface area contributed by atoms with Gasteiger partial charge in [-0.1, -0.05) is 36.9 Å². The zero-order valence-electron chi connectivity index (χ0n) is 24.6. The van der Waals surface area contributed by atoms with Gasteiger partial charge in [-0.15, -0.1) is 0 Å². The molecule has 4 atom stereocenters. The molecule has 8 N–H and O–H groups in total. The highest BCUT2D eigenvalue weighted by Crippen LogP contribution is 2.25. The largest absolute Gasteiger partial charge is 0.508 e. The fourth-order valence-corrected chi connectivity index (χ4v) is 6.37. The summed E-state index contributed by atoms with van der Waals surface area (Å²) in [5.74, 6) is -2.02. The van der Waals surface area contributed by atoms with Crippen molar-refractivity contribution >= 4 is 45.9 Å². The smallest absolute Gasteiger partial charge is 0.246 e. The molecule has 0 bridgehead atoms. The van der Waals surface area contributed by atoms with Crippen LogP contribution in [0, 0.1) is 0 Å². The highest BCUT2D eigenvalue weighted by molar-refractivity contribution is 7.08. The molecule has 0 radical (unpaired) electrons.